The van der Waals surface area contributed by atoms with Crippen LogP contribution in [0, 0.1) is 5.92 Å². The first-order valence-electron chi connectivity index (χ1n) is 7.18. The number of hydrogen-bond donors (Lipinski definition) is 2. The highest BCUT2D eigenvalue weighted by Crippen LogP contribution is 2.22. The summed E-state index contributed by atoms with van der Waals surface area (Å²) in [5.41, 5.74) is 2.35. The highest BCUT2D eigenvalue weighted by Gasteiger charge is 2.13. The van der Waals surface area contributed by atoms with Crippen molar-refractivity contribution in [2.24, 2.45) is 5.92 Å². The second-order valence-electron chi connectivity index (χ2n) is 5.39. The highest BCUT2D eigenvalue weighted by molar-refractivity contribution is 6.31. The summed E-state index contributed by atoms with van der Waals surface area (Å²) >= 11 is 6.00. The first-order chi connectivity index (χ1) is 9.61. The summed E-state index contributed by atoms with van der Waals surface area (Å²) in [4.78, 5) is 3.27. The molecule has 110 valence electrons. The molecule has 0 spiro atoms. The van der Waals surface area contributed by atoms with Gasteiger partial charge in [0.15, 0.2) is 0 Å². The molecule has 0 fully saturated rings. The van der Waals surface area contributed by atoms with Gasteiger partial charge >= 0.3 is 0 Å². The molecule has 2 N–H and O–H groups in total. The summed E-state index contributed by atoms with van der Waals surface area (Å²) in [5, 5.41) is 5.57. The van der Waals surface area contributed by atoms with Crippen molar-refractivity contribution in [2.45, 2.75) is 33.4 Å². The highest BCUT2D eigenvalue weighted by atomic mass is 35.5. The molecule has 0 bridgehead atoms. The smallest absolute Gasteiger partial charge is 0.0622 e. The van der Waals surface area contributed by atoms with E-state index in [1.54, 1.807) is 0 Å². The van der Waals surface area contributed by atoms with Gasteiger partial charge in [0.1, 0.15) is 0 Å². The zero-order valence-electron chi connectivity index (χ0n) is 12.4. The molecule has 0 aliphatic rings. The minimum absolute atomic E-state index is 0.368. The van der Waals surface area contributed by atoms with Crippen molar-refractivity contribution in [2.75, 3.05) is 13.2 Å². The monoisotopic (exact) mass is 294 g/mol. The second-order valence-corrected chi connectivity index (χ2v) is 5.83. The van der Waals surface area contributed by atoms with Crippen LogP contribution < -0.4 is 5.32 Å². The molecule has 0 aliphatic heterocycles. The van der Waals surface area contributed by atoms with E-state index in [9.17, 15) is 0 Å². The molecular formula is C16H23ClN2O. The van der Waals surface area contributed by atoms with Crippen LogP contribution in [-0.4, -0.2) is 24.2 Å². The van der Waals surface area contributed by atoms with E-state index in [-0.39, 0.29) is 0 Å². The molecular weight excluding hydrogens is 272 g/mol. The van der Waals surface area contributed by atoms with Crippen LogP contribution in [0.4, 0.5) is 0 Å². The van der Waals surface area contributed by atoms with Crippen molar-refractivity contribution >= 4 is 22.5 Å². The predicted molar refractivity (Wildman–Crippen MR) is 85.3 cm³/mol. The van der Waals surface area contributed by atoms with E-state index in [4.69, 9.17) is 16.3 Å². The Labute approximate surface area is 125 Å². The van der Waals surface area contributed by atoms with Gasteiger partial charge in [-0.2, -0.15) is 0 Å². The molecule has 0 saturated carbocycles. The molecule has 1 atom stereocenters. The lowest BCUT2D eigenvalue weighted by atomic mass is 10.0. The first-order valence-corrected chi connectivity index (χ1v) is 7.56. The third kappa shape index (κ3) is 3.75. The maximum absolute atomic E-state index is 6.00. The van der Waals surface area contributed by atoms with Gasteiger partial charge in [0.2, 0.25) is 0 Å². The molecule has 20 heavy (non-hydrogen) atoms. The lowest BCUT2D eigenvalue weighted by Crippen LogP contribution is -2.37. The van der Waals surface area contributed by atoms with Crippen LogP contribution in [0.3, 0.4) is 0 Å². The molecule has 0 saturated heterocycles. The molecule has 4 heteroatoms. The number of aromatic nitrogens is 1. The Morgan fingerprint density at radius 3 is 2.85 bits per heavy atom. The van der Waals surface area contributed by atoms with E-state index in [0.29, 0.717) is 12.0 Å². The number of ether oxygens (including phenoxy) is 1. The Kier molecular flexibility index (Phi) is 5.46. The minimum atomic E-state index is 0.368. The normalized spacial score (nSPS) is 13.2. The number of hydrogen-bond acceptors (Lipinski definition) is 2. The van der Waals surface area contributed by atoms with Gasteiger partial charge in [0.05, 0.1) is 6.61 Å². The van der Waals surface area contributed by atoms with Gasteiger partial charge in [0, 0.05) is 41.3 Å². The summed E-state index contributed by atoms with van der Waals surface area (Å²) in [7, 11) is 0. The summed E-state index contributed by atoms with van der Waals surface area (Å²) in [6.07, 6.45) is 2.05. The van der Waals surface area contributed by atoms with Crippen LogP contribution in [0.2, 0.25) is 5.02 Å². The van der Waals surface area contributed by atoms with Crippen LogP contribution in [-0.2, 0) is 11.3 Å². The Hall–Kier alpha value is -1.03. The standard InChI is InChI=1S/C16H23ClN2O/c1-4-20-10-16(11(2)3)19-9-12-8-18-15-7-13(17)5-6-14(12)15/h5-8,11,16,18-19H,4,9-10H2,1-3H3. The molecule has 2 rings (SSSR count). The van der Waals surface area contributed by atoms with Crippen molar-refractivity contribution in [1.29, 1.82) is 0 Å². The quantitative estimate of drug-likeness (QED) is 0.811. The van der Waals surface area contributed by atoms with Gasteiger partial charge < -0.3 is 15.0 Å². The van der Waals surface area contributed by atoms with Crippen molar-refractivity contribution < 1.29 is 4.74 Å². The molecule has 1 aromatic carbocycles. The molecule has 0 aliphatic carbocycles. The molecule has 0 radical (unpaired) electrons. The van der Waals surface area contributed by atoms with Crippen molar-refractivity contribution in [1.82, 2.24) is 10.3 Å². The topological polar surface area (TPSA) is 37.0 Å². The van der Waals surface area contributed by atoms with Gasteiger partial charge in [-0.25, -0.2) is 0 Å². The SMILES string of the molecule is CCOCC(NCc1c[nH]c2cc(Cl)ccc12)C(C)C. The van der Waals surface area contributed by atoms with Crippen LogP contribution in [0.5, 0.6) is 0 Å². The van der Waals surface area contributed by atoms with Gasteiger partial charge in [0.25, 0.3) is 0 Å². The second kappa shape index (κ2) is 7.11. The number of halogens is 1. The van der Waals surface area contributed by atoms with E-state index in [2.05, 4.69) is 30.2 Å². The zero-order valence-corrected chi connectivity index (χ0v) is 13.1. The van der Waals surface area contributed by atoms with E-state index >= 15 is 0 Å². The zero-order chi connectivity index (χ0) is 14.5. The van der Waals surface area contributed by atoms with Crippen LogP contribution in [0.25, 0.3) is 10.9 Å². The van der Waals surface area contributed by atoms with Gasteiger partial charge in [-0.05, 0) is 30.5 Å². The summed E-state index contributed by atoms with van der Waals surface area (Å²) in [6, 6.07) is 6.33. The largest absolute Gasteiger partial charge is 0.380 e. The number of benzene rings is 1. The van der Waals surface area contributed by atoms with E-state index < -0.39 is 0 Å². The van der Waals surface area contributed by atoms with Crippen molar-refractivity contribution in [3.63, 3.8) is 0 Å². The van der Waals surface area contributed by atoms with Crippen LogP contribution in [0.15, 0.2) is 24.4 Å². The fourth-order valence-electron chi connectivity index (χ4n) is 2.28. The molecule has 0 amide bonds. The number of rotatable bonds is 7. The Balaban J connectivity index is 2.04. The Morgan fingerprint density at radius 1 is 1.35 bits per heavy atom. The number of aromatic amines is 1. The summed E-state index contributed by atoms with van der Waals surface area (Å²) < 4.78 is 5.54. The average molecular weight is 295 g/mol. The fraction of sp³-hybridized carbons (Fsp3) is 0.500. The maximum atomic E-state index is 6.00. The van der Waals surface area contributed by atoms with Crippen molar-refractivity contribution in [3.05, 3.63) is 35.0 Å². The molecule has 2 aromatic rings. The van der Waals surface area contributed by atoms with Gasteiger partial charge in [-0.15, -0.1) is 0 Å². The fourth-order valence-corrected chi connectivity index (χ4v) is 2.45. The lowest BCUT2D eigenvalue weighted by molar-refractivity contribution is 0.108. The maximum Gasteiger partial charge on any atom is 0.0622 e. The lowest BCUT2D eigenvalue weighted by Gasteiger charge is -2.22. The number of H-pyrrole nitrogens is 1. The molecule has 1 heterocycles. The summed E-state index contributed by atoms with van der Waals surface area (Å²) in [6.45, 7) is 8.80. The Morgan fingerprint density at radius 2 is 2.15 bits per heavy atom. The van der Waals surface area contributed by atoms with E-state index in [1.807, 2.05) is 25.3 Å². The molecule has 3 nitrogen and oxygen atoms in total. The average Bonchev–Trinajstić information content (AvgIpc) is 2.80. The molecule has 1 unspecified atom stereocenters. The first kappa shape index (κ1) is 15.4. The third-order valence-electron chi connectivity index (χ3n) is 3.59. The number of fused-ring (bicyclic) bond motifs is 1. The molecule has 1 aromatic heterocycles. The third-order valence-corrected chi connectivity index (χ3v) is 3.83. The van der Waals surface area contributed by atoms with Crippen molar-refractivity contribution in [3.8, 4) is 0 Å². The van der Waals surface area contributed by atoms with Gasteiger partial charge in [-0.3, -0.25) is 0 Å². The van der Waals surface area contributed by atoms with E-state index in [1.165, 1.54) is 10.9 Å². The summed E-state index contributed by atoms with van der Waals surface area (Å²) in [5.74, 6) is 0.543. The van der Waals surface area contributed by atoms with E-state index in [0.717, 1.165) is 30.3 Å². The predicted octanol–water partition coefficient (Wildman–Crippen LogP) is 3.97. The van der Waals surface area contributed by atoms with Gasteiger partial charge in [-0.1, -0.05) is 31.5 Å². The van der Waals surface area contributed by atoms with Crippen LogP contribution >= 0.6 is 11.6 Å². The number of nitrogens with one attached hydrogen (secondary N) is 2. The Bertz CT molecular complexity index is 550. The minimum Gasteiger partial charge on any atom is -0.380 e. The van der Waals surface area contributed by atoms with Crippen LogP contribution in [0.1, 0.15) is 26.3 Å².